The maximum atomic E-state index is 12.6. The van der Waals surface area contributed by atoms with Crippen molar-refractivity contribution in [2.75, 3.05) is 0 Å². The lowest BCUT2D eigenvalue weighted by atomic mass is 9.78. The zero-order chi connectivity index (χ0) is 14.2. The third kappa shape index (κ3) is 2.75. The standard InChI is InChI=1S/C14H22F3NO/c1-3-9(4-2)10-7-11-5-6-12(8-10)18(11)13(19)14(15,16)17/h9-12H,3-8H2,1-2H3. The molecule has 2 heterocycles. The highest BCUT2D eigenvalue weighted by molar-refractivity contribution is 5.82. The molecule has 2 rings (SSSR count). The number of rotatable bonds is 3. The van der Waals surface area contributed by atoms with E-state index < -0.39 is 12.1 Å². The van der Waals surface area contributed by atoms with Gasteiger partial charge in [0, 0.05) is 12.1 Å². The van der Waals surface area contributed by atoms with Gasteiger partial charge in [-0.05, 0) is 37.5 Å². The first-order chi connectivity index (χ1) is 8.88. The highest BCUT2D eigenvalue weighted by Crippen LogP contribution is 2.44. The number of halogens is 3. The van der Waals surface area contributed by atoms with Crippen molar-refractivity contribution in [1.82, 2.24) is 4.90 Å². The Morgan fingerprint density at radius 2 is 1.63 bits per heavy atom. The minimum absolute atomic E-state index is 0.182. The van der Waals surface area contributed by atoms with Crippen molar-refractivity contribution >= 4 is 5.91 Å². The quantitative estimate of drug-likeness (QED) is 0.769. The van der Waals surface area contributed by atoms with Crippen LogP contribution in [-0.4, -0.2) is 29.1 Å². The van der Waals surface area contributed by atoms with E-state index in [2.05, 4.69) is 13.8 Å². The van der Waals surface area contributed by atoms with Gasteiger partial charge in [-0.2, -0.15) is 13.2 Å². The fraction of sp³-hybridized carbons (Fsp3) is 0.929. The summed E-state index contributed by atoms with van der Waals surface area (Å²) in [5.41, 5.74) is 0. The SMILES string of the molecule is CCC(CC)C1CC2CCC(C1)N2C(=O)C(F)(F)F. The van der Waals surface area contributed by atoms with Gasteiger partial charge in [-0.25, -0.2) is 0 Å². The van der Waals surface area contributed by atoms with Crippen LogP contribution in [0.15, 0.2) is 0 Å². The largest absolute Gasteiger partial charge is 0.471 e. The first-order valence-corrected chi connectivity index (χ1v) is 7.27. The monoisotopic (exact) mass is 277 g/mol. The van der Waals surface area contributed by atoms with E-state index in [4.69, 9.17) is 0 Å². The van der Waals surface area contributed by atoms with Crippen LogP contribution in [0.1, 0.15) is 52.4 Å². The summed E-state index contributed by atoms with van der Waals surface area (Å²) in [6, 6.07) is -0.364. The predicted molar refractivity (Wildman–Crippen MR) is 66.5 cm³/mol. The third-order valence-electron chi connectivity index (χ3n) is 4.96. The fourth-order valence-corrected chi connectivity index (χ4v) is 4.04. The molecule has 2 nitrogen and oxygen atoms in total. The molecule has 2 atom stereocenters. The molecule has 1 amide bonds. The number of carbonyl (C=O) groups excluding carboxylic acids is 1. The van der Waals surface area contributed by atoms with Gasteiger partial charge in [0.15, 0.2) is 0 Å². The molecule has 2 bridgehead atoms. The Hall–Kier alpha value is -0.740. The lowest BCUT2D eigenvalue weighted by Gasteiger charge is -2.41. The van der Waals surface area contributed by atoms with E-state index in [0.717, 1.165) is 43.4 Å². The third-order valence-corrected chi connectivity index (χ3v) is 4.96. The van der Waals surface area contributed by atoms with E-state index >= 15 is 0 Å². The summed E-state index contributed by atoms with van der Waals surface area (Å²) in [5, 5.41) is 0. The van der Waals surface area contributed by atoms with E-state index in [9.17, 15) is 18.0 Å². The topological polar surface area (TPSA) is 20.3 Å². The molecular formula is C14H22F3NO. The molecular weight excluding hydrogens is 255 g/mol. The molecule has 0 aromatic heterocycles. The summed E-state index contributed by atoms with van der Waals surface area (Å²) in [7, 11) is 0. The molecule has 2 unspecified atom stereocenters. The van der Waals surface area contributed by atoms with E-state index in [-0.39, 0.29) is 12.1 Å². The van der Waals surface area contributed by atoms with Gasteiger partial charge in [-0.15, -0.1) is 0 Å². The van der Waals surface area contributed by atoms with Crippen LogP contribution in [0.25, 0.3) is 0 Å². The van der Waals surface area contributed by atoms with Crippen molar-refractivity contribution < 1.29 is 18.0 Å². The average molecular weight is 277 g/mol. The van der Waals surface area contributed by atoms with Crippen LogP contribution in [0.3, 0.4) is 0 Å². The first kappa shape index (κ1) is 14.7. The Morgan fingerprint density at radius 1 is 1.16 bits per heavy atom. The summed E-state index contributed by atoms with van der Waals surface area (Å²) in [4.78, 5) is 12.6. The molecule has 110 valence electrons. The van der Waals surface area contributed by atoms with Gasteiger partial charge in [-0.3, -0.25) is 4.79 Å². The Kier molecular flexibility index (Phi) is 4.11. The van der Waals surface area contributed by atoms with Crippen LogP contribution in [0.2, 0.25) is 0 Å². The molecule has 0 aromatic carbocycles. The second kappa shape index (κ2) is 5.33. The average Bonchev–Trinajstić information content (AvgIpc) is 2.59. The maximum Gasteiger partial charge on any atom is 0.471 e. The number of piperidine rings is 1. The summed E-state index contributed by atoms with van der Waals surface area (Å²) in [6.07, 6.45) is 0.422. The summed E-state index contributed by atoms with van der Waals surface area (Å²) in [6.45, 7) is 4.28. The number of alkyl halides is 3. The Morgan fingerprint density at radius 3 is 2.00 bits per heavy atom. The Labute approximate surface area is 112 Å². The van der Waals surface area contributed by atoms with Crippen LogP contribution in [-0.2, 0) is 4.79 Å². The maximum absolute atomic E-state index is 12.6. The predicted octanol–water partition coefficient (Wildman–Crippen LogP) is 3.75. The summed E-state index contributed by atoms with van der Waals surface area (Å²) >= 11 is 0. The van der Waals surface area contributed by atoms with E-state index in [1.807, 2.05) is 0 Å². The molecule has 5 heteroatoms. The number of hydrogen-bond acceptors (Lipinski definition) is 1. The molecule has 19 heavy (non-hydrogen) atoms. The van der Waals surface area contributed by atoms with E-state index in [1.54, 1.807) is 0 Å². The zero-order valence-corrected chi connectivity index (χ0v) is 11.5. The number of hydrogen-bond donors (Lipinski definition) is 0. The van der Waals surface area contributed by atoms with Crippen molar-refractivity contribution in [3.63, 3.8) is 0 Å². The van der Waals surface area contributed by atoms with Gasteiger partial charge in [0.2, 0.25) is 0 Å². The van der Waals surface area contributed by atoms with Gasteiger partial charge in [0.25, 0.3) is 0 Å². The van der Waals surface area contributed by atoms with Gasteiger partial charge in [0.1, 0.15) is 0 Å². The normalized spacial score (nSPS) is 31.1. The van der Waals surface area contributed by atoms with Crippen molar-refractivity contribution in [2.45, 2.75) is 70.6 Å². The van der Waals surface area contributed by atoms with Crippen molar-refractivity contribution in [3.05, 3.63) is 0 Å². The second-order valence-electron chi connectivity index (χ2n) is 5.90. The van der Waals surface area contributed by atoms with Crippen LogP contribution in [0.5, 0.6) is 0 Å². The van der Waals surface area contributed by atoms with Crippen molar-refractivity contribution in [1.29, 1.82) is 0 Å². The van der Waals surface area contributed by atoms with Crippen LogP contribution >= 0.6 is 0 Å². The molecule has 0 saturated carbocycles. The van der Waals surface area contributed by atoms with Crippen LogP contribution < -0.4 is 0 Å². The smallest absolute Gasteiger partial charge is 0.329 e. The molecule has 0 radical (unpaired) electrons. The molecule has 0 aliphatic carbocycles. The zero-order valence-electron chi connectivity index (χ0n) is 11.5. The van der Waals surface area contributed by atoms with Crippen LogP contribution in [0.4, 0.5) is 13.2 Å². The lowest BCUT2D eigenvalue weighted by molar-refractivity contribution is -0.190. The first-order valence-electron chi connectivity index (χ1n) is 7.27. The molecule has 0 aromatic rings. The molecule has 0 spiro atoms. The molecule has 0 N–H and O–H groups in total. The molecule has 2 saturated heterocycles. The minimum atomic E-state index is -4.72. The van der Waals surface area contributed by atoms with Gasteiger partial charge < -0.3 is 4.90 Å². The second-order valence-corrected chi connectivity index (χ2v) is 5.90. The Bertz CT molecular complexity index is 324. The van der Waals surface area contributed by atoms with E-state index in [1.165, 1.54) is 0 Å². The number of amides is 1. The summed E-state index contributed by atoms with van der Waals surface area (Å²) in [5.74, 6) is -0.543. The lowest BCUT2D eigenvalue weighted by Crippen LogP contribution is -2.52. The Balaban J connectivity index is 2.09. The fourth-order valence-electron chi connectivity index (χ4n) is 4.04. The number of fused-ring (bicyclic) bond motifs is 2. The van der Waals surface area contributed by atoms with Gasteiger partial charge in [-0.1, -0.05) is 26.7 Å². The highest BCUT2D eigenvalue weighted by Gasteiger charge is 2.52. The van der Waals surface area contributed by atoms with Crippen LogP contribution in [0, 0.1) is 11.8 Å². The highest BCUT2D eigenvalue weighted by atomic mass is 19.4. The van der Waals surface area contributed by atoms with Crippen molar-refractivity contribution in [2.24, 2.45) is 11.8 Å². The summed E-state index contributed by atoms with van der Waals surface area (Å²) < 4.78 is 37.8. The van der Waals surface area contributed by atoms with Gasteiger partial charge in [0.05, 0.1) is 0 Å². The van der Waals surface area contributed by atoms with E-state index in [0.29, 0.717) is 11.8 Å². The number of nitrogens with zero attached hydrogens (tertiary/aromatic N) is 1. The molecule has 2 aliphatic rings. The van der Waals surface area contributed by atoms with Crippen molar-refractivity contribution in [3.8, 4) is 0 Å². The molecule has 2 aliphatic heterocycles. The van der Waals surface area contributed by atoms with Gasteiger partial charge >= 0.3 is 12.1 Å². The number of carbonyl (C=O) groups is 1. The minimum Gasteiger partial charge on any atom is -0.329 e. The molecule has 2 fully saturated rings.